The lowest BCUT2D eigenvalue weighted by atomic mass is 10.1. The number of amides is 3. The number of methoxy groups -OCH3 is 2. The molecule has 0 radical (unpaired) electrons. The van der Waals surface area contributed by atoms with Crippen LogP contribution in [-0.2, 0) is 9.59 Å². The van der Waals surface area contributed by atoms with Crippen molar-refractivity contribution in [3.05, 3.63) is 118 Å². The summed E-state index contributed by atoms with van der Waals surface area (Å²) < 4.78 is 10.8. The molecule has 3 amide bonds. The van der Waals surface area contributed by atoms with Gasteiger partial charge < -0.3 is 25.4 Å². The number of carbonyl (C=O) groups excluding carboxylic acids is 3. The number of nitrogens with one attached hydrogen (secondary N) is 3. The first-order chi connectivity index (χ1) is 21.7. The number of hydrogen-bond acceptors (Lipinski definition) is 6. The highest BCUT2D eigenvalue weighted by molar-refractivity contribution is 8.00. The van der Waals surface area contributed by atoms with Crippen molar-refractivity contribution in [2.24, 2.45) is 0 Å². The second kappa shape index (κ2) is 15.8. The summed E-state index contributed by atoms with van der Waals surface area (Å²) in [6.07, 6.45) is 2.11. The number of benzene rings is 4. The van der Waals surface area contributed by atoms with Gasteiger partial charge in [-0.15, -0.1) is 11.8 Å². The molecule has 4 aromatic rings. The predicted octanol–water partition coefficient (Wildman–Crippen LogP) is 7.58. The molecule has 0 aliphatic carbocycles. The zero-order chi connectivity index (χ0) is 32.3. The molecule has 10 heteroatoms. The Balaban J connectivity index is 1.55. The fourth-order valence-corrected chi connectivity index (χ4v) is 5.47. The van der Waals surface area contributed by atoms with E-state index >= 15 is 0 Å². The van der Waals surface area contributed by atoms with E-state index in [-0.39, 0.29) is 11.6 Å². The Kier molecular flexibility index (Phi) is 11.7. The molecule has 0 saturated carbocycles. The Morgan fingerprint density at radius 2 is 1.62 bits per heavy atom. The van der Waals surface area contributed by atoms with E-state index in [1.165, 1.54) is 32.1 Å². The lowest BCUT2D eigenvalue weighted by molar-refractivity contribution is -0.116. The van der Waals surface area contributed by atoms with Crippen molar-refractivity contribution in [1.29, 1.82) is 0 Å². The molecule has 4 rings (SSSR count). The highest BCUT2D eigenvalue weighted by atomic mass is 35.5. The lowest BCUT2D eigenvalue weighted by Gasteiger charge is -2.16. The number of carbonyl (C=O) groups is 3. The third kappa shape index (κ3) is 9.14. The molecule has 8 nitrogen and oxygen atoms in total. The Labute approximate surface area is 272 Å². The second-order valence-electron chi connectivity index (χ2n) is 9.94. The fraction of sp³-hybridized carbons (Fsp3) is 0.171. The van der Waals surface area contributed by atoms with Gasteiger partial charge in [0.2, 0.25) is 5.91 Å². The molecule has 3 N–H and O–H groups in total. The van der Waals surface area contributed by atoms with Crippen molar-refractivity contribution in [3.8, 4) is 11.5 Å². The maximum Gasteiger partial charge on any atom is 0.272 e. The van der Waals surface area contributed by atoms with Crippen molar-refractivity contribution in [2.45, 2.75) is 30.4 Å². The SMILES string of the molecule is CCC(Sc1cccc(NC(=O)/C(=C\c2cc(OC)ccc2OC)NC(=O)c2ccccc2)c1)C(=O)Nc1ccc(C)c(Cl)c1. The number of halogens is 1. The van der Waals surface area contributed by atoms with Gasteiger partial charge in [0.25, 0.3) is 11.8 Å². The van der Waals surface area contributed by atoms with Crippen molar-refractivity contribution in [3.63, 3.8) is 0 Å². The number of rotatable bonds is 12. The second-order valence-corrected chi connectivity index (χ2v) is 11.6. The number of thioether (sulfide) groups is 1. The average molecular weight is 644 g/mol. The molecule has 232 valence electrons. The zero-order valence-corrected chi connectivity index (χ0v) is 26.9. The van der Waals surface area contributed by atoms with Gasteiger partial charge in [-0.25, -0.2) is 0 Å². The molecule has 0 aliphatic rings. The minimum absolute atomic E-state index is 0.00367. The Hall–Kier alpha value is -4.73. The summed E-state index contributed by atoms with van der Waals surface area (Å²) >= 11 is 7.61. The minimum Gasteiger partial charge on any atom is -0.497 e. The van der Waals surface area contributed by atoms with Gasteiger partial charge in [0.1, 0.15) is 17.2 Å². The van der Waals surface area contributed by atoms with Crippen LogP contribution in [0.25, 0.3) is 6.08 Å². The van der Waals surface area contributed by atoms with Crippen LogP contribution in [0, 0.1) is 6.92 Å². The Morgan fingerprint density at radius 1 is 0.867 bits per heavy atom. The van der Waals surface area contributed by atoms with Crippen molar-refractivity contribution >= 4 is 58.5 Å². The van der Waals surface area contributed by atoms with Gasteiger partial charge in [-0.05, 0) is 85.6 Å². The molecular weight excluding hydrogens is 610 g/mol. The van der Waals surface area contributed by atoms with Crippen molar-refractivity contribution in [1.82, 2.24) is 5.32 Å². The summed E-state index contributed by atoms with van der Waals surface area (Å²) in [6, 6.07) is 26.3. The first-order valence-corrected chi connectivity index (χ1v) is 15.4. The van der Waals surface area contributed by atoms with Crippen molar-refractivity contribution in [2.75, 3.05) is 24.9 Å². The summed E-state index contributed by atoms with van der Waals surface area (Å²) in [4.78, 5) is 40.6. The van der Waals surface area contributed by atoms with Crippen molar-refractivity contribution < 1.29 is 23.9 Å². The molecular formula is C35H34ClN3O5S. The quantitative estimate of drug-likeness (QED) is 0.109. The number of anilines is 2. The summed E-state index contributed by atoms with van der Waals surface area (Å²) in [5.74, 6) is -0.105. The molecule has 0 bridgehead atoms. The number of hydrogen-bond donors (Lipinski definition) is 3. The fourth-order valence-electron chi connectivity index (χ4n) is 4.28. The van der Waals surface area contributed by atoms with Crippen LogP contribution in [0.3, 0.4) is 0 Å². The van der Waals surface area contributed by atoms with Gasteiger partial charge in [0.05, 0.1) is 19.5 Å². The molecule has 0 spiro atoms. The third-order valence-corrected chi connectivity index (χ3v) is 8.50. The zero-order valence-electron chi connectivity index (χ0n) is 25.3. The van der Waals surface area contributed by atoms with Gasteiger partial charge in [-0.1, -0.05) is 48.9 Å². The molecule has 0 aromatic heterocycles. The average Bonchev–Trinajstić information content (AvgIpc) is 3.05. The predicted molar refractivity (Wildman–Crippen MR) is 181 cm³/mol. The lowest BCUT2D eigenvalue weighted by Crippen LogP contribution is -2.30. The standard InChI is InChI=1S/C35H34ClN3O5S/c1-5-32(35(42)38-26-15-14-22(2)29(36)21-26)45-28-13-9-12-25(20-28)37-34(41)30(39-33(40)23-10-7-6-8-11-23)19-24-18-27(43-3)16-17-31(24)44-4/h6-21,32H,5H2,1-4H3,(H,37,41)(H,38,42)(H,39,40)/b30-19+. The van der Waals surface area contributed by atoms with Crippen LogP contribution in [0.5, 0.6) is 11.5 Å². The normalized spacial score (nSPS) is 11.7. The first kappa shape index (κ1) is 33.2. The molecule has 0 heterocycles. The molecule has 0 fully saturated rings. The molecule has 4 aromatic carbocycles. The van der Waals surface area contributed by atoms with Gasteiger partial charge in [0.15, 0.2) is 0 Å². The van der Waals surface area contributed by atoms with E-state index in [9.17, 15) is 14.4 Å². The Morgan fingerprint density at radius 3 is 2.31 bits per heavy atom. The summed E-state index contributed by atoms with van der Waals surface area (Å²) in [6.45, 7) is 3.83. The van der Waals surface area contributed by atoms with E-state index in [0.29, 0.717) is 45.4 Å². The van der Waals surface area contributed by atoms with E-state index in [4.69, 9.17) is 21.1 Å². The van der Waals surface area contributed by atoms with Crippen LogP contribution in [0.1, 0.15) is 34.8 Å². The van der Waals surface area contributed by atoms with Gasteiger partial charge in [-0.3, -0.25) is 14.4 Å². The molecule has 45 heavy (non-hydrogen) atoms. The van der Waals surface area contributed by atoms with Crippen LogP contribution in [0.2, 0.25) is 5.02 Å². The number of ether oxygens (including phenoxy) is 2. The van der Waals surface area contributed by atoms with Gasteiger partial charge >= 0.3 is 0 Å². The van der Waals surface area contributed by atoms with Gasteiger partial charge in [0, 0.05) is 32.4 Å². The van der Waals surface area contributed by atoms with E-state index < -0.39 is 17.1 Å². The van der Waals surface area contributed by atoms with E-state index in [2.05, 4.69) is 16.0 Å². The van der Waals surface area contributed by atoms with Crippen LogP contribution < -0.4 is 25.4 Å². The Bertz CT molecular complexity index is 1710. The maximum atomic E-state index is 13.6. The van der Waals surface area contributed by atoms with E-state index in [1.807, 2.05) is 32.0 Å². The van der Waals surface area contributed by atoms with Crippen LogP contribution in [0.15, 0.2) is 102 Å². The maximum absolute atomic E-state index is 13.6. The first-order valence-electron chi connectivity index (χ1n) is 14.2. The summed E-state index contributed by atoms with van der Waals surface area (Å²) in [7, 11) is 3.06. The molecule has 0 saturated heterocycles. The monoisotopic (exact) mass is 643 g/mol. The number of aryl methyl sites for hydroxylation is 1. The summed E-state index contributed by atoms with van der Waals surface area (Å²) in [5.41, 5.74) is 2.96. The summed E-state index contributed by atoms with van der Waals surface area (Å²) in [5, 5.41) is 8.73. The molecule has 0 aliphatic heterocycles. The van der Waals surface area contributed by atoms with Gasteiger partial charge in [-0.2, -0.15) is 0 Å². The van der Waals surface area contributed by atoms with Crippen LogP contribution >= 0.6 is 23.4 Å². The smallest absolute Gasteiger partial charge is 0.272 e. The highest BCUT2D eigenvalue weighted by Gasteiger charge is 2.20. The van der Waals surface area contributed by atoms with Crippen LogP contribution in [-0.4, -0.2) is 37.2 Å². The van der Waals surface area contributed by atoms with Crippen LogP contribution in [0.4, 0.5) is 11.4 Å². The highest BCUT2D eigenvalue weighted by Crippen LogP contribution is 2.30. The van der Waals surface area contributed by atoms with E-state index in [1.54, 1.807) is 72.8 Å². The third-order valence-electron chi connectivity index (χ3n) is 6.74. The molecule has 1 unspecified atom stereocenters. The molecule has 1 atom stereocenters. The van der Waals surface area contributed by atoms with E-state index in [0.717, 1.165) is 10.5 Å². The topological polar surface area (TPSA) is 106 Å². The largest absolute Gasteiger partial charge is 0.497 e. The minimum atomic E-state index is -0.549.